The standard InChI is InChI=1S/C9H14N4O2S/c1-6-11-8(16-13-6)12-7(14)3-15-9(2)4-10-5-9/h10H,3-5H2,1-2H3,(H,11,12,13,14). The Labute approximate surface area is 97.6 Å². The van der Waals surface area contributed by atoms with Crippen molar-refractivity contribution in [2.75, 3.05) is 25.0 Å². The Hall–Kier alpha value is -1.05. The van der Waals surface area contributed by atoms with Gasteiger partial charge in [0.2, 0.25) is 5.13 Å². The molecule has 1 aliphatic heterocycles. The van der Waals surface area contributed by atoms with Crippen LogP contribution in [0.25, 0.3) is 0 Å². The van der Waals surface area contributed by atoms with Gasteiger partial charge in [-0.1, -0.05) is 0 Å². The molecule has 0 unspecified atom stereocenters. The fourth-order valence-electron chi connectivity index (χ4n) is 1.32. The molecular weight excluding hydrogens is 228 g/mol. The Kier molecular flexibility index (Phi) is 3.17. The van der Waals surface area contributed by atoms with E-state index in [0.29, 0.717) is 11.0 Å². The van der Waals surface area contributed by atoms with Gasteiger partial charge in [-0.3, -0.25) is 10.1 Å². The minimum Gasteiger partial charge on any atom is -0.363 e. The molecule has 1 fully saturated rings. The largest absolute Gasteiger partial charge is 0.363 e. The number of hydrogen-bond donors (Lipinski definition) is 2. The van der Waals surface area contributed by atoms with E-state index in [9.17, 15) is 4.79 Å². The molecule has 0 radical (unpaired) electrons. The smallest absolute Gasteiger partial charge is 0.252 e. The number of anilines is 1. The molecule has 16 heavy (non-hydrogen) atoms. The lowest BCUT2D eigenvalue weighted by Crippen LogP contribution is -2.59. The third-order valence-electron chi connectivity index (χ3n) is 2.32. The summed E-state index contributed by atoms with van der Waals surface area (Å²) in [6.45, 7) is 5.39. The fourth-order valence-corrected chi connectivity index (χ4v) is 1.91. The lowest BCUT2D eigenvalue weighted by molar-refractivity contribution is -0.130. The first-order chi connectivity index (χ1) is 7.57. The van der Waals surface area contributed by atoms with Gasteiger partial charge in [0.15, 0.2) is 0 Å². The van der Waals surface area contributed by atoms with Gasteiger partial charge in [0.1, 0.15) is 12.4 Å². The molecule has 1 amide bonds. The number of nitrogens with zero attached hydrogens (tertiary/aromatic N) is 2. The Morgan fingerprint density at radius 2 is 2.44 bits per heavy atom. The molecule has 0 aliphatic carbocycles. The Balaban J connectivity index is 1.76. The number of ether oxygens (including phenoxy) is 1. The number of hydrogen-bond acceptors (Lipinski definition) is 6. The predicted molar refractivity (Wildman–Crippen MR) is 60.5 cm³/mol. The van der Waals surface area contributed by atoms with Crippen molar-refractivity contribution in [3.63, 3.8) is 0 Å². The van der Waals surface area contributed by atoms with E-state index in [4.69, 9.17) is 4.74 Å². The average molecular weight is 242 g/mol. The lowest BCUT2D eigenvalue weighted by atomic mass is 10.0. The molecule has 2 rings (SSSR count). The van der Waals surface area contributed by atoms with Gasteiger partial charge in [0, 0.05) is 24.6 Å². The molecular formula is C9H14N4O2S. The molecule has 1 aromatic heterocycles. The Bertz CT molecular complexity index is 389. The molecule has 0 saturated carbocycles. The van der Waals surface area contributed by atoms with Crippen LogP contribution >= 0.6 is 11.5 Å². The monoisotopic (exact) mass is 242 g/mol. The van der Waals surface area contributed by atoms with Crippen LogP contribution in [-0.4, -0.2) is 40.6 Å². The second-order valence-electron chi connectivity index (χ2n) is 4.04. The van der Waals surface area contributed by atoms with Gasteiger partial charge in [0.05, 0.1) is 5.60 Å². The summed E-state index contributed by atoms with van der Waals surface area (Å²) in [6, 6.07) is 0. The van der Waals surface area contributed by atoms with Crippen molar-refractivity contribution in [3.05, 3.63) is 5.82 Å². The number of amides is 1. The molecule has 88 valence electrons. The summed E-state index contributed by atoms with van der Waals surface area (Å²) >= 11 is 1.17. The summed E-state index contributed by atoms with van der Waals surface area (Å²) in [5, 5.41) is 6.26. The third kappa shape index (κ3) is 2.75. The number of rotatable bonds is 4. The number of aromatic nitrogens is 2. The van der Waals surface area contributed by atoms with E-state index in [1.165, 1.54) is 11.5 Å². The van der Waals surface area contributed by atoms with E-state index in [2.05, 4.69) is 20.0 Å². The SMILES string of the molecule is Cc1nsc(NC(=O)COC2(C)CNC2)n1. The number of carbonyl (C=O) groups excluding carboxylic acids is 1. The second kappa shape index (κ2) is 4.44. The Morgan fingerprint density at radius 3 is 2.94 bits per heavy atom. The zero-order chi connectivity index (χ0) is 11.6. The van der Waals surface area contributed by atoms with Crippen molar-refractivity contribution in [3.8, 4) is 0 Å². The van der Waals surface area contributed by atoms with E-state index in [1.807, 2.05) is 6.92 Å². The predicted octanol–water partition coefficient (Wildman–Crippen LogP) is 0.164. The van der Waals surface area contributed by atoms with Crippen LogP contribution in [0.1, 0.15) is 12.7 Å². The van der Waals surface area contributed by atoms with Gasteiger partial charge in [-0.15, -0.1) is 0 Å². The highest BCUT2D eigenvalue weighted by atomic mass is 32.1. The van der Waals surface area contributed by atoms with Crippen LogP contribution in [0.2, 0.25) is 0 Å². The highest BCUT2D eigenvalue weighted by molar-refractivity contribution is 7.09. The normalized spacial score (nSPS) is 17.9. The molecule has 0 aromatic carbocycles. The minimum atomic E-state index is -0.200. The van der Waals surface area contributed by atoms with E-state index in [-0.39, 0.29) is 18.1 Å². The van der Waals surface area contributed by atoms with Gasteiger partial charge < -0.3 is 10.1 Å². The minimum absolute atomic E-state index is 0.0524. The maximum absolute atomic E-state index is 11.5. The number of carbonyl (C=O) groups is 1. The first-order valence-corrected chi connectivity index (χ1v) is 5.80. The van der Waals surface area contributed by atoms with Gasteiger partial charge in [-0.2, -0.15) is 4.37 Å². The summed E-state index contributed by atoms with van der Waals surface area (Å²) in [4.78, 5) is 15.5. The summed E-state index contributed by atoms with van der Waals surface area (Å²) in [5.41, 5.74) is -0.200. The van der Waals surface area contributed by atoms with Crippen LogP contribution in [0.3, 0.4) is 0 Å². The topological polar surface area (TPSA) is 76.1 Å². The van der Waals surface area contributed by atoms with Gasteiger partial charge in [-0.05, 0) is 13.8 Å². The average Bonchev–Trinajstić information content (AvgIpc) is 2.58. The zero-order valence-electron chi connectivity index (χ0n) is 9.24. The maximum Gasteiger partial charge on any atom is 0.252 e. The summed E-state index contributed by atoms with van der Waals surface area (Å²) in [7, 11) is 0. The van der Waals surface area contributed by atoms with Crippen LogP contribution < -0.4 is 10.6 Å². The van der Waals surface area contributed by atoms with Crippen molar-refractivity contribution in [1.82, 2.24) is 14.7 Å². The molecule has 1 saturated heterocycles. The lowest BCUT2D eigenvalue weighted by Gasteiger charge is -2.38. The van der Waals surface area contributed by atoms with Gasteiger partial charge in [-0.25, -0.2) is 4.98 Å². The van der Waals surface area contributed by atoms with Crippen LogP contribution in [0, 0.1) is 6.92 Å². The number of aryl methyl sites for hydroxylation is 1. The second-order valence-corrected chi connectivity index (χ2v) is 4.79. The van der Waals surface area contributed by atoms with Gasteiger partial charge in [0.25, 0.3) is 5.91 Å². The molecule has 0 atom stereocenters. The highest BCUT2D eigenvalue weighted by Gasteiger charge is 2.33. The molecule has 2 N–H and O–H groups in total. The molecule has 1 aromatic rings. The number of nitrogens with one attached hydrogen (secondary N) is 2. The van der Waals surface area contributed by atoms with Crippen LogP contribution in [-0.2, 0) is 9.53 Å². The quantitative estimate of drug-likeness (QED) is 0.786. The van der Waals surface area contributed by atoms with Crippen molar-refractivity contribution < 1.29 is 9.53 Å². The maximum atomic E-state index is 11.5. The third-order valence-corrected chi connectivity index (χ3v) is 3.05. The van der Waals surface area contributed by atoms with E-state index >= 15 is 0 Å². The van der Waals surface area contributed by atoms with Crippen LogP contribution in [0.5, 0.6) is 0 Å². The van der Waals surface area contributed by atoms with Crippen molar-refractivity contribution in [1.29, 1.82) is 0 Å². The molecule has 2 heterocycles. The Morgan fingerprint density at radius 1 is 1.69 bits per heavy atom. The van der Waals surface area contributed by atoms with Crippen molar-refractivity contribution >= 4 is 22.6 Å². The first kappa shape index (κ1) is 11.4. The van der Waals surface area contributed by atoms with Crippen molar-refractivity contribution in [2.24, 2.45) is 0 Å². The van der Waals surface area contributed by atoms with Crippen LogP contribution in [0.4, 0.5) is 5.13 Å². The fraction of sp³-hybridized carbons (Fsp3) is 0.667. The molecule has 0 bridgehead atoms. The summed E-state index contributed by atoms with van der Waals surface area (Å²) in [6.07, 6.45) is 0. The van der Waals surface area contributed by atoms with E-state index in [1.54, 1.807) is 6.92 Å². The molecule has 1 aliphatic rings. The van der Waals surface area contributed by atoms with Crippen LogP contribution in [0.15, 0.2) is 0 Å². The van der Waals surface area contributed by atoms with E-state index < -0.39 is 0 Å². The zero-order valence-corrected chi connectivity index (χ0v) is 10.1. The summed E-state index contributed by atoms with van der Waals surface area (Å²) < 4.78 is 9.46. The van der Waals surface area contributed by atoms with E-state index in [0.717, 1.165) is 13.1 Å². The highest BCUT2D eigenvalue weighted by Crippen LogP contribution is 2.15. The van der Waals surface area contributed by atoms with Crippen molar-refractivity contribution in [2.45, 2.75) is 19.4 Å². The summed E-state index contributed by atoms with van der Waals surface area (Å²) in [5.74, 6) is 0.473. The molecule has 7 heteroatoms. The first-order valence-electron chi connectivity index (χ1n) is 5.02. The molecule has 6 nitrogen and oxygen atoms in total. The molecule has 0 spiro atoms. The van der Waals surface area contributed by atoms with Gasteiger partial charge >= 0.3 is 0 Å².